The van der Waals surface area contributed by atoms with Crippen LogP contribution in [-0.4, -0.2) is 0 Å². The molecule has 0 saturated heterocycles. The molecule has 13 rings (SSSR count). The molecule has 0 fully saturated rings. The molecule has 11 aromatic carbocycles. The van der Waals surface area contributed by atoms with E-state index in [1.54, 1.807) is 0 Å². The van der Waals surface area contributed by atoms with E-state index >= 15 is 0 Å². The van der Waals surface area contributed by atoms with Gasteiger partial charge < -0.3 is 9.80 Å². The molecule has 0 aromatic heterocycles. The highest BCUT2D eigenvalue weighted by Gasteiger charge is 2.25. The van der Waals surface area contributed by atoms with Crippen LogP contribution in [-0.2, 0) is 0 Å². The fourth-order valence-electron chi connectivity index (χ4n) is 11.5. The zero-order chi connectivity index (χ0) is 50.6. The van der Waals surface area contributed by atoms with Crippen molar-refractivity contribution in [3.63, 3.8) is 0 Å². The Labute approximate surface area is 446 Å². The van der Waals surface area contributed by atoms with Gasteiger partial charge in [0.2, 0.25) is 0 Å². The van der Waals surface area contributed by atoms with Gasteiger partial charge in [-0.1, -0.05) is 231 Å². The van der Waals surface area contributed by atoms with Crippen LogP contribution in [0.5, 0.6) is 0 Å². The summed E-state index contributed by atoms with van der Waals surface area (Å²) in [6.07, 6.45) is 14.7. The number of hydrogen-bond acceptors (Lipinski definition) is 2. The molecule has 76 heavy (non-hydrogen) atoms. The van der Waals surface area contributed by atoms with E-state index in [2.05, 4.69) is 307 Å². The number of allylic oxidation sites excluding steroid dienone is 7. The van der Waals surface area contributed by atoms with Gasteiger partial charge in [0, 0.05) is 40.1 Å². The summed E-state index contributed by atoms with van der Waals surface area (Å²) in [4.78, 5) is 4.86. The Morgan fingerprint density at radius 3 is 1.25 bits per heavy atom. The predicted octanol–water partition coefficient (Wildman–Crippen LogP) is 20.5. The third kappa shape index (κ3) is 9.16. The highest BCUT2D eigenvalue weighted by Crippen LogP contribution is 2.49. The molecule has 362 valence electrons. The number of fused-ring (bicyclic) bond motifs is 2. The van der Waals surface area contributed by atoms with Crippen LogP contribution < -0.4 is 9.80 Å². The van der Waals surface area contributed by atoms with Gasteiger partial charge in [0.25, 0.3) is 0 Å². The number of rotatable bonds is 12. The van der Waals surface area contributed by atoms with Gasteiger partial charge in [-0.15, -0.1) is 0 Å². The Kier molecular flexibility index (Phi) is 12.7. The average Bonchev–Trinajstić information content (AvgIpc) is 3.61. The molecule has 2 aliphatic carbocycles. The number of para-hydroxylation sites is 2. The van der Waals surface area contributed by atoms with Crippen LogP contribution >= 0.6 is 0 Å². The first-order valence-electron chi connectivity index (χ1n) is 26.6. The summed E-state index contributed by atoms with van der Waals surface area (Å²) in [6, 6.07) is 97.5. The maximum atomic E-state index is 2.48. The molecule has 2 aliphatic rings. The van der Waals surface area contributed by atoms with Gasteiger partial charge in [-0.3, -0.25) is 0 Å². The number of hydrogen-bond donors (Lipinski definition) is 0. The van der Waals surface area contributed by atoms with Crippen molar-refractivity contribution in [3.05, 3.63) is 320 Å². The van der Waals surface area contributed by atoms with Crippen molar-refractivity contribution in [2.24, 2.45) is 0 Å². The zero-order valence-electron chi connectivity index (χ0n) is 42.4. The maximum absolute atomic E-state index is 2.48. The van der Waals surface area contributed by atoms with Crippen molar-refractivity contribution in [2.75, 3.05) is 9.80 Å². The van der Waals surface area contributed by atoms with Crippen LogP contribution in [0.2, 0.25) is 0 Å². The van der Waals surface area contributed by atoms with Crippen LogP contribution in [0.25, 0.3) is 66.1 Å². The molecule has 0 heterocycles. The average molecular weight is 973 g/mol. The Hall–Kier alpha value is -9.50. The molecule has 0 radical (unpaired) electrons. The van der Waals surface area contributed by atoms with Crippen molar-refractivity contribution < 1.29 is 0 Å². The second kappa shape index (κ2) is 20.8. The number of anilines is 5. The molecule has 1 atom stereocenters. The monoisotopic (exact) mass is 972 g/mol. The summed E-state index contributed by atoms with van der Waals surface area (Å²) in [6.45, 7) is 0. The number of benzene rings is 11. The quantitative estimate of drug-likeness (QED) is 0.113. The van der Waals surface area contributed by atoms with Crippen LogP contribution in [0.1, 0.15) is 41.9 Å². The molecule has 0 N–H and O–H groups in total. The lowest BCUT2D eigenvalue weighted by Gasteiger charge is -2.30. The van der Waals surface area contributed by atoms with Crippen molar-refractivity contribution in [2.45, 2.75) is 25.2 Å². The van der Waals surface area contributed by atoms with Gasteiger partial charge >= 0.3 is 0 Å². The third-order valence-electron chi connectivity index (χ3n) is 15.3. The van der Waals surface area contributed by atoms with Gasteiger partial charge in [0.15, 0.2) is 0 Å². The largest absolute Gasteiger partial charge is 0.311 e. The van der Waals surface area contributed by atoms with Crippen molar-refractivity contribution in [1.82, 2.24) is 0 Å². The van der Waals surface area contributed by atoms with E-state index in [1.807, 2.05) is 0 Å². The summed E-state index contributed by atoms with van der Waals surface area (Å²) < 4.78 is 0. The summed E-state index contributed by atoms with van der Waals surface area (Å²) in [5, 5.41) is 4.91. The Morgan fingerprint density at radius 2 is 0.711 bits per heavy atom. The minimum atomic E-state index is 0.330. The van der Waals surface area contributed by atoms with E-state index in [9.17, 15) is 0 Å². The van der Waals surface area contributed by atoms with Gasteiger partial charge in [0.1, 0.15) is 0 Å². The van der Waals surface area contributed by atoms with Gasteiger partial charge in [-0.25, -0.2) is 0 Å². The van der Waals surface area contributed by atoms with E-state index in [0.717, 1.165) is 47.7 Å². The standard InChI is InChI=1S/C74H56N2/c1-7-19-53(20-8-1)57-31-35-61(36-32-57)73-69-49-47-68(76(64-29-17-6-18-30-64)66-45-41-60(42-46-66)56-25-13-4-14-26-56)52-72(69)74(62-37-33-58(34-38-62)54-21-9-2-10-22-54)70-50-48-67(51-71(70)73)75(63-27-15-5-16-28-63)65-43-39-59(40-44-65)55-23-11-3-12-24-55/h1-33,35-37,39-41,43-52,60H,34,38,42H2. The smallest absolute Gasteiger partial charge is 0.0468 e. The third-order valence-corrected chi connectivity index (χ3v) is 15.3. The Morgan fingerprint density at radius 1 is 0.303 bits per heavy atom. The van der Waals surface area contributed by atoms with E-state index in [1.165, 1.54) is 88.5 Å². The predicted molar refractivity (Wildman–Crippen MR) is 324 cm³/mol. The molecular formula is C74H56N2. The van der Waals surface area contributed by atoms with Crippen molar-refractivity contribution in [3.8, 4) is 33.4 Å². The van der Waals surface area contributed by atoms with Crippen molar-refractivity contribution >= 4 is 61.1 Å². The topological polar surface area (TPSA) is 6.48 Å². The van der Waals surface area contributed by atoms with E-state index in [-0.39, 0.29) is 0 Å². The lowest BCUT2D eigenvalue weighted by atomic mass is 9.82. The van der Waals surface area contributed by atoms with Gasteiger partial charge in [-0.2, -0.15) is 0 Å². The minimum Gasteiger partial charge on any atom is -0.311 e. The Bertz CT molecular complexity index is 3950. The van der Waals surface area contributed by atoms with Crippen LogP contribution in [0.15, 0.2) is 303 Å². The first-order chi connectivity index (χ1) is 37.7. The summed E-state index contributed by atoms with van der Waals surface area (Å²) in [7, 11) is 0. The molecule has 0 aliphatic heterocycles. The van der Waals surface area contributed by atoms with Crippen LogP contribution in [0.4, 0.5) is 28.4 Å². The molecule has 11 aromatic rings. The fraction of sp³-hybridized carbons (Fsp3) is 0.0541. The molecular weight excluding hydrogens is 917 g/mol. The molecule has 1 unspecified atom stereocenters. The first kappa shape index (κ1) is 46.3. The van der Waals surface area contributed by atoms with E-state index < -0.39 is 0 Å². The second-order valence-electron chi connectivity index (χ2n) is 19.9. The lowest BCUT2D eigenvalue weighted by Crippen LogP contribution is -2.17. The second-order valence-corrected chi connectivity index (χ2v) is 19.9. The molecule has 2 heteroatoms. The van der Waals surface area contributed by atoms with Gasteiger partial charge in [0.05, 0.1) is 0 Å². The number of nitrogens with zero attached hydrogens (tertiary/aromatic N) is 2. The SMILES string of the molecule is C1=CC(c2ccccc2)CC=C1N(c1ccccc1)c1ccc2c(-c3ccc(-c4ccccc4)cc3)c3cc(N(c4ccccc4)c4ccc(-c5ccccc5)cc4)ccc3c(C3=CC=C(c4ccccc4)CC3)c2c1. The fourth-order valence-corrected chi connectivity index (χ4v) is 11.5. The Balaban J connectivity index is 1.05. The lowest BCUT2D eigenvalue weighted by molar-refractivity contribution is 0.840. The van der Waals surface area contributed by atoms with Gasteiger partial charge in [-0.05, 0) is 169 Å². The highest BCUT2D eigenvalue weighted by molar-refractivity contribution is 6.20. The normalized spacial score (nSPS) is 14.2. The van der Waals surface area contributed by atoms with E-state index in [0.29, 0.717) is 5.92 Å². The van der Waals surface area contributed by atoms with E-state index in [4.69, 9.17) is 0 Å². The molecule has 0 saturated carbocycles. The summed E-state index contributed by atoms with van der Waals surface area (Å²) in [5.74, 6) is 0.330. The van der Waals surface area contributed by atoms with Crippen molar-refractivity contribution in [1.29, 1.82) is 0 Å². The molecule has 0 bridgehead atoms. The first-order valence-corrected chi connectivity index (χ1v) is 26.6. The van der Waals surface area contributed by atoms with Crippen LogP contribution in [0, 0.1) is 0 Å². The minimum absolute atomic E-state index is 0.330. The zero-order valence-corrected chi connectivity index (χ0v) is 42.4. The summed E-state index contributed by atoms with van der Waals surface area (Å²) >= 11 is 0. The maximum Gasteiger partial charge on any atom is 0.0468 e. The van der Waals surface area contributed by atoms with Crippen LogP contribution in [0.3, 0.4) is 0 Å². The summed E-state index contributed by atoms with van der Waals surface area (Å²) in [5.41, 5.74) is 20.5. The molecule has 0 amide bonds. The molecule has 2 nitrogen and oxygen atoms in total. The highest BCUT2D eigenvalue weighted by atomic mass is 15.1. The molecule has 0 spiro atoms.